The summed E-state index contributed by atoms with van der Waals surface area (Å²) in [6.07, 6.45) is 1.78. The molecule has 2 aromatic rings. The molecule has 1 heterocycles. The standard InChI is InChI=1S/C13H18N4O/c1-9(14)13(18)16(2)7-10-4-5-12-11(6-10)15-8-17(12)3/h4-6,8-9H,7,14H2,1-3H3. The van der Waals surface area contributed by atoms with Gasteiger partial charge >= 0.3 is 0 Å². The smallest absolute Gasteiger partial charge is 0.239 e. The fourth-order valence-corrected chi connectivity index (χ4v) is 1.98. The average Bonchev–Trinajstić information content (AvgIpc) is 2.69. The molecule has 0 saturated carbocycles. The Morgan fingerprint density at radius 1 is 1.56 bits per heavy atom. The molecular weight excluding hydrogens is 228 g/mol. The summed E-state index contributed by atoms with van der Waals surface area (Å²) in [4.78, 5) is 17.6. The number of hydrogen-bond donors (Lipinski definition) is 1. The topological polar surface area (TPSA) is 64.2 Å². The number of aryl methyl sites for hydroxylation is 1. The summed E-state index contributed by atoms with van der Waals surface area (Å²) in [6, 6.07) is 5.56. The van der Waals surface area contributed by atoms with E-state index < -0.39 is 6.04 Å². The number of aromatic nitrogens is 2. The van der Waals surface area contributed by atoms with Gasteiger partial charge in [-0.25, -0.2) is 4.98 Å². The zero-order valence-corrected chi connectivity index (χ0v) is 10.9. The maximum atomic E-state index is 11.7. The van der Waals surface area contributed by atoms with E-state index in [1.165, 1.54) is 0 Å². The van der Waals surface area contributed by atoms with E-state index in [1.54, 1.807) is 25.2 Å². The van der Waals surface area contributed by atoms with Crippen LogP contribution in [0.1, 0.15) is 12.5 Å². The van der Waals surface area contributed by atoms with Gasteiger partial charge in [0.2, 0.25) is 5.91 Å². The van der Waals surface area contributed by atoms with Crippen molar-refractivity contribution in [2.24, 2.45) is 12.8 Å². The van der Waals surface area contributed by atoms with Crippen LogP contribution in [0.3, 0.4) is 0 Å². The van der Waals surface area contributed by atoms with Crippen LogP contribution in [0.5, 0.6) is 0 Å². The number of likely N-dealkylation sites (N-methyl/N-ethyl adjacent to an activating group) is 1. The number of benzene rings is 1. The average molecular weight is 246 g/mol. The van der Waals surface area contributed by atoms with Gasteiger partial charge in [0, 0.05) is 20.6 Å². The van der Waals surface area contributed by atoms with Gasteiger partial charge in [-0.3, -0.25) is 4.79 Å². The van der Waals surface area contributed by atoms with Crippen LogP contribution >= 0.6 is 0 Å². The van der Waals surface area contributed by atoms with E-state index in [2.05, 4.69) is 4.98 Å². The highest BCUT2D eigenvalue weighted by Crippen LogP contribution is 2.15. The molecule has 2 rings (SSSR count). The predicted molar refractivity (Wildman–Crippen MR) is 70.8 cm³/mol. The molecule has 0 fully saturated rings. The first-order valence-corrected chi connectivity index (χ1v) is 5.89. The Labute approximate surface area is 106 Å². The van der Waals surface area contributed by atoms with Crippen molar-refractivity contribution in [1.82, 2.24) is 14.5 Å². The molecule has 1 atom stereocenters. The zero-order chi connectivity index (χ0) is 13.3. The fourth-order valence-electron chi connectivity index (χ4n) is 1.98. The van der Waals surface area contributed by atoms with Crippen LogP contribution in [0.4, 0.5) is 0 Å². The summed E-state index contributed by atoms with van der Waals surface area (Å²) in [5.41, 5.74) is 8.66. The van der Waals surface area contributed by atoms with Crippen LogP contribution < -0.4 is 5.73 Å². The summed E-state index contributed by atoms with van der Waals surface area (Å²) in [6.45, 7) is 2.24. The van der Waals surface area contributed by atoms with Gasteiger partial charge in [-0.2, -0.15) is 0 Å². The number of carbonyl (C=O) groups excluding carboxylic acids is 1. The maximum absolute atomic E-state index is 11.7. The van der Waals surface area contributed by atoms with Gasteiger partial charge in [-0.15, -0.1) is 0 Å². The third-order valence-corrected chi connectivity index (χ3v) is 2.98. The number of nitrogens with two attached hydrogens (primary N) is 1. The van der Waals surface area contributed by atoms with Crippen LogP contribution in [0.25, 0.3) is 11.0 Å². The zero-order valence-electron chi connectivity index (χ0n) is 10.9. The van der Waals surface area contributed by atoms with Gasteiger partial charge in [0.25, 0.3) is 0 Å². The first-order chi connectivity index (χ1) is 8.49. The summed E-state index contributed by atoms with van der Waals surface area (Å²) < 4.78 is 1.97. The van der Waals surface area contributed by atoms with Crippen molar-refractivity contribution in [3.05, 3.63) is 30.1 Å². The monoisotopic (exact) mass is 246 g/mol. The van der Waals surface area contributed by atoms with Crippen molar-refractivity contribution >= 4 is 16.9 Å². The van der Waals surface area contributed by atoms with Gasteiger partial charge in [0.1, 0.15) is 0 Å². The molecule has 0 aliphatic carbocycles. The lowest BCUT2D eigenvalue weighted by molar-refractivity contribution is -0.131. The Morgan fingerprint density at radius 3 is 2.94 bits per heavy atom. The first-order valence-electron chi connectivity index (χ1n) is 5.89. The summed E-state index contributed by atoms with van der Waals surface area (Å²) in [7, 11) is 3.72. The van der Waals surface area contributed by atoms with E-state index in [1.807, 2.05) is 29.8 Å². The molecule has 0 bridgehead atoms. The lowest BCUT2D eigenvalue weighted by Gasteiger charge is -2.19. The fraction of sp³-hybridized carbons (Fsp3) is 0.385. The molecule has 0 aliphatic rings. The minimum Gasteiger partial charge on any atom is -0.340 e. The van der Waals surface area contributed by atoms with Crippen LogP contribution in [-0.2, 0) is 18.4 Å². The second-order valence-corrected chi connectivity index (χ2v) is 4.66. The number of imidazole rings is 1. The SMILES string of the molecule is CC(N)C(=O)N(C)Cc1ccc2c(c1)ncn2C. The molecule has 2 N–H and O–H groups in total. The molecule has 18 heavy (non-hydrogen) atoms. The van der Waals surface area contributed by atoms with Crippen LogP contribution in [-0.4, -0.2) is 33.4 Å². The van der Waals surface area contributed by atoms with Gasteiger partial charge in [0.15, 0.2) is 0 Å². The Hall–Kier alpha value is -1.88. The highest BCUT2D eigenvalue weighted by Gasteiger charge is 2.13. The minimum absolute atomic E-state index is 0.0592. The lowest BCUT2D eigenvalue weighted by atomic mass is 10.2. The Bertz CT molecular complexity index is 573. The van der Waals surface area contributed by atoms with Gasteiger partial charge in [0.05, 0.1) is 23.4 Å². The molecule has 5 nitrogen and oxygen atoms in total. The van der Waals surface area contributed by atoms with E-state index in [-0.39, 0.29) is 5.91 Å². The third kappa shape index (κ3) is 2.36. The molecule has 0 spiro atoms. The first kappa shape index (κ1) is 12.6. The Balaban J connectivity index is 2.19. The lowest BCUT2D eigenvalue weighted by Crippen LogP contribution is -2.39. The minimum atomic E-state index is -0.464. The Kier molecular flexibility index (Phi) is 3.34. The molecular formula is C13H18N4O. The van der Waals surface area contributed by atoms with E-state index in [9.17, 15) is 4.79 Å². The molecule has 0 saturated heterocycles. The quantitative estimate of drug-likeness (QED) is 0.874. The van der Waals surface area contributed by atoms with E-state index >= 15 is 0 Å². The van der Waals surface area contributed by atoms with E-state index in [0.29, 0.717) is 6.54 Å². The second-order valence-electron chi connectivity index (χ2n) is 4.66. The second kappa shape index (κ2) is 4.78. The molecule has 1 aromatic heterocycles. The summed E-state index contributed by atoms with van der Waals surface area (Å²) in [5, 5.41) is 0. The molecule has 1 aromatic carbocycles. The molecule has 0 aliphatic heterocycles. The molecule has 1 unspecified atom stereocenters. The van der Waals surface area contributed by atoms with Crippen LogP contribution in [0.2, 0.25) is 0 Å². The summed E-state index contributed by atoms with van der Waals surface area (Å²) >= 11 is 0. The van der Waals surface area contributed by atoms with Crippen LogP contribution in [0.15, 0.2) is 24.5 Å². The Morgan fingerprint density at radius 2 is 2.28 bits per heavy atom. The van der Waals surface area contributed by atoms with Gasteiger partial charge in [-0.1, -0.05) is 6.07 Å². The molecule has 0 radical (unpaired) electrons. The number of rotatable bonds is 3. The van der Waals surface area contributed by atoms with Gasteiger partial charge < -0.3 is 15.2 Å². The predicted octanol–water partition coefficient (Wildman–Crippen LogP) is 0.879. The van der Waals surface area contributed by atoms with Crippen molar-refractivity contribution in [2.45, 2.75) is 19.5 Å². The van der Waals surface area contributed by atoms with Crippen molar-refractivity contribution in [2.75, 3.05) is 7.05 Å². The number of fused-ring (bicyclic) bond motifs is 1. The maximum Gasteiger partial charge on any atom is 0.239 e. The van der Waals surface area contributed by atoms with Crippen molar-refractivity contribution in [1.29, 1.82) is 0 Å². The van der Waals surface area contributed by atoms with Crippen molar-refractivity contribution < 1.29 is 4.79 Å². The highest BCUT2D eigenvalue weighted by molar-refractivity contribution is 5.81. The summed E-state index contributed by atoms with van der Waals surface area (Å²) in [5.74, 6) is -0.0592. The molecule has 1 amide bonds. The number of nitrogens with zero attached hydrogens (tertiary/aromatic N) is 3. The molecule has 5 heteroatoms. The molecule has 96 valence electrons. The number of hydrogen-bond acceptors (Lipinski definition) is 3. The van der Waals surface area contributed by atoms with Crippen molar-refractivity contribution in [3.8, 4) is 0 Å². The van der Waals surface area contributed by atoms with E-state index in [0.717, 1.165) is 16.6 Å². The third-order valence-electron chi connectivity index (χ3n) is 2.98. The largest absolute Gasteiger partial charge is 0.340 e. The van der Waals surface area contributed by atoms with Gasteiger partial charge in [-0.05, 0) is 24.6 Å². The number of amides is 1. The highest BCUT2D eigenvalue weighted by atomic mass is 16.2. The normalized spacial score (nSPS) is 12.7. The van der Waals surface area contributed by atoms with Crippen molar-refractivity contribution in [3.63, 3.8) is 0 Å². The van der Waals surface area contributed by atoms with Crippen LogP contribution in [0, 0.1) is 0 Å². The number of carbonyl (C=O) groups is 1. The van der Waals surface area contributed by atoms with E-state index in [4.69, 9.17) is 5.73 Å².